The molecular formula is C31H34F3N5O3S. The van der Waals surface area contributed by atoms with E-state index in [4.69, 9.17) is 4.74 Å². The second-order valence-corrected chi connectivity index (χ2v) is 12.3. The summed E-state index contributed by atoms with van der Waals surface area (Å²) in [5.41, 5.74) is 0.141. The number of carbonyl (C=O) groups excluding carboxylic acids is 2. The maximum atomic E-state index is 14.0. The van der Waals surface area contributed by atoms with E-state index in [9.17, 15) is 28.0 Å². The molecule has 43 heavy (non-hydrogen) atoms. The molecule has 0 bridgehead atoms. The molecule has 0 aliphatic carbocycles. The Hall–Kier alpha value is -4.11. The van der Waals surface area contributed by atoms with E-state index in [-0.39, 0.29) is 37.6 Å². The van der Waals surface area contributed by atoms with Gasteiger partial charge in [0.2, 0.25) is 5.91 Å². The highest BCUT2D eigenvalue weighted by Crippen LogP contribution is 2.44. The van der Waals surface area contributed by atoms with Crippen molar-refractivity contribution in [1.82, 2.24) is 19.6 Å². The summed E-state index contributed by atoms with van der Waals surface area (Å²) in [5.74, 6) is -0.786. The summed E-state index contributed by atoms with van der Waals surface area (Å²) in [6, 6.07) is 10.7. The number of rotatable bonds is 7. The quantitative estimate of drug-likeness (QED) is 0.273. The van der Waals surface area contributed by atoms with Gasteiger partial charge < -0.3 is 14.5 Å². The van der Waals surface area contributed by atoms with Crippen LogP contribution in [0.25, 0.3) is 11.1 Å². The molecule has 4 rings (SSSR count). The van der Waals surface area contributed by atoms with E-state index >= 15 is 0 Å². The predicted molar refractivity (Wildman–Crippen MR) is 157 cm³/mol. The third-order valence-electron chi connectivity index (χ3n) is 6.98. The summed E-state index contributed by atoms with van der Waals surface area (Å²) in [7, 11) is 0. The van der Waals surface area contributed by atoms with Crippen LogP contribution in [0, 0.1) is 11.3 Å². The van der Waals surface area contributed by atoms with Crippen molar-refractivity contribution < 1.29 is 27.5 Å². The van der Waals surface area contributed by atoms with Gasteiger partial charge in [-0.15, -0.1) is 11.3 Å². The van der Waals surface area contributed by atoms with Crippen LogP contribution in [0.15, 0.2) is 48.7 Å². The molecular weight excluding hydrogens is 579 g/mol. The zero-order chi connectivity index (χ0) is 31.5. The number of nitrogens with zero attached hydrogens (tertiary/aromatic N) is 5. The number of aryl methyl sites for hydroxylation is 1. The lowest BCUT2D eigenvalue weighted by Crippen LogP contribution is -2.38. The summed E-state index contributed by atoms with van der Waals surface area (Å²) < 4.78 is 48.8. The predicted octanol–water partition coefficient (Wildman–Crippen LogP) is 6.81. The van der Waals surface area contributed by atoms with Gasteiger partial charge in [-0.2, -0.15) is 23.5 Å². The van der Waals surface area contributed by atoms with Crippen LogP contribution in [-0.2, 0) is 28.8 Å². The number of aromatic nitrogens is 2. The number of hydrogen-bond donors (Lipinski definition) is 0. The van der Waals surface area contributed by atoms with Gasteiger partial charge in [0.1, 0.15) is 16.5 Å². The number of carbonyl (C=O) groups is 2. The lowest BCUT2D eigenvalue weighted by atomic mass is 9.83. The smallest absolute Gasteiger partial charge is 0.435 e. The second kappa shape index (κ2) is 12.6. The first-order valence-corrected chi connectivity index (χ1v) is 14.8. The van der Waals surface area contributed by atoms with Crippen LogP contribution >= 0.6 is 11.3 Å². The van der Waals surface area contributed by atoms with Gasteiger partial charge in [-0.05, 0) is 57.4 Å². The van der Waals surface area contributed by atoms with Gasteiger partial charge in [0.05, 0.1) is 6.54 Å². The average Bonchev–Trinajstić information content (AvgIpc) is 3.58. The van der Waals surface area contributed by atoms with Gasteiger partial charge in [0, 0.05) is 54.8 Å². The van der Waals surface area contributed by atoms with Gasteiger partial charge in [-0.25, -0.2) is 4.79 Å². The number of nitriles is 1. The van der Waals surface area contributed by atoms with Crippen LogP contribution in [-0.4, -0.2) is 56.8 Å². The van der Waals surface area contributed by atoms with Crippen molar-refractivity contribution in [2.45, 2.75) is 65.4 Å². The van der Waals surface area contributed by atoms with Crippen molar-refractivity contribution in [1.29, 1.82) is 5.26 Å². The maximum Gasteiger partial charge on any atom is 0.435 e. The standard InChI is InChI=1S/C31H34F3N5O3S/c1-6-37(29(41)42-30(3,4)5)14-10-13-27(40)38-17-24(23-15-20(16-35)43-26(23)19-38)21-11-8-9-12-22(21)25-18-39(7-2)36-28(25)31(32,33)34/h8-13,15,18,24H,6-7,14,17,19H2,1-5H3/b13-10+/t24-/m0/s1. The fourth-order valence-corrected chi connectivity index (χ4v) is 6.02. The van der Waals surface area contributed by atoms with Crippen molar-refractivity contribution in [3.8, 4) is 17.2 Å². The summed E-state index contributed by atoms with van der Waals surface area (Å²) in [6.45, 7) is 10.1. The zero-order valence-electron chi connectivity index (χ0n) is 24.7. The van der Waals surface area contributed by atoms with Crippen LogP contribution in [0.5, 0.6) is 0 Å². The Morgan fingerprint density at radius 3 is 2.53 bits per heavy atom. The molecule has 0 spiro atoms. The summed E-state index contributed by atoms with van der Waals surface area (Å²) >= 11 is 1.27. The highest BCUT2D eigenvalue weighted by molar-refractivity contribution is 7.12. The van der Waals surface area contributed by atoms with Gasteiger partial charge in [0.15, 0.2) is 5.69 Å². The first-order chi connectivity index (χ1) is 20.2. The fraction of sp³-hybridized carbons (Fsp3) is 0.419. The monoisotopic (exact) mass is 613 g/mol. The molecule has 0 saturated carbocycles. The number of ether oxygens (including phenoxy) is 1. The Balaban J connectivity index is 1.67. The molecule has 3 heterocycles. The van der Waals surface area contributed by atoms with Crippen molar-refractivity contribution in [2.24, 2.45) is 0 Å². The SMILES string of the molecule is CCN(C/C=C/C(=O)N1Cc2sc(C#N)cc2[C@H](c2ccccc2-c2cn(CC)nc2C(F)(F)F)C1)C(=O)OC(C)(C)C. The Morgan fingerprint density at radius 1 is 1.19 bits per heavy atom. The molecule has 12 heteroatoms. The summed E-state index contributed by atoms with van der Waals surface area (Å²) in [6.07, 6.45) is -0.755. The van der Waals surface area contributed by atoms with Crippen LogP contribution in [0.1, 0.15) is 67.1 Å². The molecule has 0 N–H and O–H groups in total. The molecule has 0 fully saturated rings. The molecule has 0 radical (unpaired) electrons. The molecule has 1 aromatic carbocycles. The van der Waals surface area contributed by atoms with E-state index < -0.39 is 29.5 Å². The number of hydrogen-bond acceptors (Lipinski definition) is 6. The topological polar surface area (TPSA) is 91.5 Å². The van der Waals surface area contributed by atoms with E-state index in [2.05, 4.69) is 11.2 Å². The lowest BCUT2D eigenvalue weighted by Gasteiger charge is -2.33. The Morgan fingerprint density at radius 2 is 1.91 bits per heavy atom. The zero-order valence-corrected chi connectivity index (χ0v) is 25.6. The third-order valence-corrected chi connectivity index (χ3v) is 8.02. The molecule has 2 amide bonds. The number of likely N-dealkylation sites (N-methyl/N-ethyl adjacent to an activating group) is 1. The van der Waals surface area contributed by atoms with Gasteiger partial charge in [-0.3, -0.25) is 9.48 Å². The molecule has 1 atom stereocenters. The number of benzene rings is 1. The highest BCUT2D eigenvalue weighted by atomic mass is 32.1. The van der Waals surface area contributed by atoms with Crippen molar-refractivity contribution in [3.05, 3.63) is 75.3 Å². The summed E-state index contributed by atoms with van der Waals surface area (Å²) in [4.78, 5) is 30.2. The van der Waals surface area contributed by atoms with E-state index in [0.717, 1.165) is 10.4 Å². The van der Waals surface area contributed by atoms with Crippen LogP contribution in [0.2, 0.25) is 0 Å². The molecule has 1 aliphatic rings. The molecule has 0 saturated heterocycles. The number of alkyl halides is 3. The largest absolute Gasteiger partial charge is 0.444 e. The van der Waals surface area contributed by atoms with E-state index in [1.54, 1.807) is 69.0 Å². The van der Waals surface area contributed by atoms with Gasteiger partial charge in [0.25, 0.3) is 0 Å². The summed E-state index contributed by atoms with van der Waals surface area (Å²) in [5, 5.41) is 13.4. The first kappa shape index (κ1) is 31.8. The van der Waals surface area contributed by atoms with Gasteiger partial charge >= 0.3 is 12.3 Å². The Kier molecular flexibility index (Phi) is 9.35. The second-order valence-electron chi connectivity index (χ2n) is 11.1. The number of amides is 2. The molecule has 1 aliphatic heterocycles. The van der Waals surface area contributed by atoms with Crippen molar-refractivity contribution in [3.63, 3.8) is 0 Å². The Labute approximate surface area is 253 Å². The van der Waals surface area contributed by atoms with Crippen LogP contribution in [0.4, 0.5) is 18.0 Å². The van der Waals surface area contributed by atoms with Crippen LogP contribution < -0.4 is 0 Å². The highest BCUT2D eigenvalue weighted by Gasteiger charge is 2.39. The third kappa shape index (κ3) is 7.28. The fourth-order valence-electron chi connectivity index (χ4n) is 4.99. The van der Waals surface area contributed by atoms with Crippen molar-refractivity contribution in [2.75, 3.05) is 19.6 Å². The Bertz CT molecular complexity index is 1560. The number of thiophene rings is 1. The first-order valence-electron chi connectivity index (χ1n) is 14.0. The van der Waals surface area contributed by atoms with Gasteiger partial charge in [-0.1, -0.05) is 30.3 Å². The number of fused-ring (bicyclic) bond motifs is 1. The van der Waals surface area contributed by atoms with Crippen LogP contribution in [0.3, 0.4) is 0 Å². The normalized spacial score (nSPS) is 15.3. The van der Waals surface area contributed by atoms with E-state index in [1.807, 2.05) is 6.92 Å². The molecule has 2 aromatic heterocycles. The lowest BCUT2D eigenvalue weighted by molar-refractivity contribution is -0.141. The van der Waals surface area contributed by atoms with E-state index in [1.165, 1.54) is 33.2 Å². The number of halogens is 3. The minimum absolute atomic E-state index is 0.0348. The maximum absolute atomic E-state index is 14.0. The van der Waals surface area contributed by atoms with E-state index in [0.29, 0.717) is 22.5 Å². The molecule has 0 unspecified atom stereocenters. The molecule has 3 aromatic rings. The average molecular weight is 614 g/mol. The minimum atomic E-state index is -4.66. The minimum Gasteiger partial charge on any atom is -0.444 e. The van der Waals surface area contributed by atoms with Crippen molar-refractivity contribution >= 4 is 23.3 Å². The molecule has 228 valence electrons. The molecule has 8 nitrogen and oxygen atoms in total.